The van der Waals surface area contributed by atoms with Crippen LogP contribution in [0.15, 0.2) is 36.4 Å². The number of rotatable bonds is 19. The average Bonchev–Trinajstić information content (AvgIpc) is 3.14. The summed E-state index contributed by atoms with van der Waals surface area (Å²) >= 11 is 23.7. The van der Waals surface area contributed by atoms with Gasteiger partial charge in [-0.25, -0.2) is 9.59 Å². The molecule has 0 aromatic heterocycles. The zero-order valence-electron chi connectivity index (χ0n) is 35.7. The van der Waals surface area contributed by atoms with E-state index >= 15 is 0 Å². The van der Waals surface area contributed by atoms with Crippen molar-refractivity contribution in [1.82, 2.24) is 15.5 Å². The maximum atomic E-state index is 11.6. The molecular weight excluding hydrogens is 903 g/mol. The number of terminal acetylenes is 2. The van der Waals surface area contributed by atoms with Gasteiger partial charge in [-0.1, -0.05) is 52.3 Å². The number of hydrogen-bond donors (Lipinski definition) is 3. The molecule has 0 fully saturated rings. The fraction of sp³-hybridized carbons (Fsp3) is 0.524. The van der Waals surface area contributed by atoms with E-state index in [1.54, 1.807) is 57.2 Å². The Kier molecular flexibility index (Phi) is 32.1. The average molecular weight is 961 g/mol. The zero-order valence-corrected chi connectivity index (χ0v) is 38.8. The lowest BCUT2D eigenvalue weighted by Crippen LogP contribution is -2.84. The van der Waals surface area contributed by atoms with Crippen LogP contribution in [0, 0.1) is 24.7 Å². The molecule has 2 amide bonds. The van der Waals surface area contributed by atoms with Gasteiger partial charge in [0.25, 0.3) is 0 Å². The van der Waals surface area contributed by atoms with Crippen LogP contribution in [-0.2, 0) is 19.1 Å². The lowest BCUT2D eigenvalue weighted by atomic mass is 10.2. The maximum absolute atomic E-state index is 11.6. The summed E-state index contributed by atoms with van der Waals surface area (Å²) in [7, 11) is 0. The molecule has 0 saturated carbocycles. The van der Waals surface area contributed by atoms with E-state index in [9.17, 15) is 27.6 Å². The summed E-state index contributed by atoms with van der Waals surface area (Å²) in [5.41, 5.74) is -0.974. The monoisotopic (exact) mass is 958 g/mol. The van der Waals surface area contributed by atoms with Crippen LogP contribution in [0.5, 0.6) is 11.5 Å². The second kappa shape index (κ2) is 33.3. The number of nitrogens with zero attached hydrogens (tertiary/aromatic N) is 1. The second-order valence-electron chi connectivity index (χ2n) is 14.5. The molecule has 2 aromatic carbocycles. The number of alkyl carbamates (subject to hydrolysis) is 2. The highest BCUT2D eigenvalue weighted by Gasteiger charge is 2.28. The Morgan fingerprint density at radius 3 is 1.63 bits per heavy atom. The number of amides is 2. The predicted molar refractivity (Wildman–Crippen MR) is 234 cm³/mol. The molecule has 62 heavy (non-hydrogen) atoms. The van der Waals surface area contributed by atoms with Crippen molar-refractivity contribution in [3.8, 4) is 36.2 Å². The van der Waals surface area contributed by atoms with Gasteiger partial charge in [-0.3, -0.25) is 4.90 Å². The van der Waals surface area contributed by atoms with Crippen LogP contribution in [-0.4, -0.2) is 106 Å². The fourth-order valence-electron chi connectivity index (χ4n) is 4.00. The van der Waals surface area contributed by atoms with E-state index in [4.69, 9.17) is 88.1 Å². The van der Waals surface area contributed by atoms with E-state index in [-0.39, 0.29) is 0 Å². The number of aliphatic carboxylic acids is 1. The van der Waals surface area contributed by atoms with Crippen molar-refractivity contribution >= 4 is 70.8 Å². The quantitative estimate of drug-likeness (QED) is 0.0759. The standard InChI is InChI=1S/C20H28Cl2N2O3.C12H13Cl2NO.C8H15NO3.C2HF3O2/c1-5-11-24(12-6-10-23-19(25)27-20(2,3)4)13-7-14-26-18-9-8-16(21)15-17(18)22;1-2-6-15-7-3-8-16-12-5-4-10(13)9-11(12)14;1-8(2,3)12-7(11)9-5-4-6-10;3-2(4,5)1(6)7/h1,8-9,15H,6-7,10-14H2,2-4H3,(H,23,25);1,4-5,9,15H,3,6-8H2;6H,4-5H2,1-3H3,(H,9,11);(H,6,7). The van der Waals surface area contributed by atoms with Crippen LogP contribution < -0.4 is 30.5 Å². The number of alkyl halides is 3. The first kappa shape index (κ1) is 59.8. The third-order valence-corrected chi connectivity index (χ3v) is 7.59. The molecule has 13 nitrogen and oxygen atoms in total. The normalized spacial score (nSPS) is 10.7. The smallest absolute Gasteiger partial charge is 0.430 e. The number of nitrogens with two attached hydrogens (primary N) is 1. The van der Waals surface area contributed by atoms with Gasteiger partial charge >= 0.3 is 18.4 Å². The topological polar surface area (TPSA) is 172 Å². The SMILES string of the molecule is C#CCN(CCCNC(=O)OC(C)(C)C)CCCOc1ccc(Cl)cc1Cl.C#CC[NH2+]CCCOc1ccc(Cl)cc1Cl.CC(C)(C)OC(=O)NCCC=O.O=C([O-])C(F)(F)F. The molecule has 2 rings (SSSR count). The molecule has 4 N–H and O–H groups in total. The Bertz CT molecular complexity index is 1710. The van der Waals surface area contributed by atoms with Gasteiger partial charge < -0.3 is 49.6 Å². The number of benzene rings is 2. The third-order valence-electron chi connectivity index (χ3n) is 6.53. The van der Waals surface area contributed by atoms with Crippen LogP contribution in [0.4, 0.5) is 22.8 Å². The Hall–Kier alpha value is -4.29. The Labute approximate surface area is 382 Å². The molecule has 2 aromatic rings. The summed E-state index contributed by atoms with van der Waals surface area (Å²) in [4.78, 5) is 43.3. The molecule has 0 bridgehead atoms. The number of carboxylic acids is 1. The third kappa shape index (κ3) is 36.4. The molecule has 0 aliphatic carbocycles. The summed E-state index contributed by atoms with van der Waals surface area (Å²) in [5, 5.41) is 18.3. The molecular formula is C42H57Cl4F3N4O9. The van der Waals surface area contributed by atoms with Gasteiger partial charge in [-0.05, 0) is 96.7 Å². The first-order valence-corrected chi connectivity index (χ1v) is 20.6. The predicted octanol–water partition coefficient (Wildman–Crippen LogP) is 6.97. The minimum atomic E-state index is -5.19. The molecule has 0 radical (unpaired) electrons. The lowest BCUT2D eigenvalue weighted by Gasteiger charge is -2.21. The number of aldehydes is 1. The Balaban J connectivity index is 0. The molecule has 0 atom stereocenters. The minimum Gasteiger partial charge on any atom is -0.542 e. The highest BCUT2D eigenvalue weighted by molar-refractivity contribution is 6.36. The minimum absolute atomic E-state index is 0.319. The van der Waals surface area contributed by atoms with Crippen molar-refractivity contribution in [3.63, 3.8) is 0 Å². The second-order valence-corrected chi connectivity index (χ2v) is 16.2. The fourth-order valence-corrected chi connectivity index (χ4v) is 4.93. The summed E-state index contributed by atoms with van der Waals surface area (Å²) in [6.07, 6.45) is 8.07. The van der Waals surface area contributed by atoms with Gasteiger partial charge in [0.1, 0.15) is 41.5 Å². The van der Waals surface area contributed by atoms with Gasteiger partial charge in [0.05, 0.1) is 36.3 Å². The van der Waals surface area contributed by atoms with Gasteiger partial charge in [-0.2, -0.15) is 13.2 Å². The molecule has 0 heterocycles. The largest absolute Gasteiger partial charge is 0.542 e. The Morgan fingerprint density at radius 2 is 1.23 bits per heavy atom. The summed E-state index contributed by atoms with van der Waals surface area (Å²) < 4.78 is 52.9. The number of hydrogen-bond acceptors (Lipinski definition) is 10. The van der Waals surface area contributed by atoms with Gasteiger partial charge in [0.15, 0.2) is 0 Å². The molecule has 0 spiro atoms. The van der Waals surface area contributed by atoms with Crippen LogP contribution in [0.2, 0.25) is 20.1 Å². The first-order chi connectivity index (χ1) is 28.8. The van der Waals surface area contributed by atoms with Crippen LogP contribution >= 0.6 is 46.4 Å². The number of halogens is 7. The van der Waals surface area contributed by atoms with Crippen molar-refractivity contribution in [2.45, 2.75) is 84.6 Å². The van der Waals surface area contributed by atoms with Crippen molar-refractivity contribution in [2.75, 3.05) is 59.0 Å². The van der Waals surface area contributed by atoms with E-state index in [2.05, 4.69) is 32.7 Å². The highest BCUT2D eigenvalue weighted by atomic mass is 35.5. The Morgan fingerprint density at radius 1 is 0.774 bits per heavy atom. The van der Waals surface area contributed by atoms with Gasteiger partial charge in [-0.15, -0.1) is 12.8 Å². The molecule has 0 unspecified atom stereocenters. The number of carboxylic acid groups (broad SMARTS) is 1. The van der Waals surface area contributed by atoms with Crippen LogP contribution in [0.3, 0.4) is 0 Å². The van der Waals surface area contributed by atoms with Crippen LogP contribution in [0.1, 0.15) is 67.2 Å². The van der Waals surface area contributed by atoms with Crippen molar-refractivity contribution in [3.05, 3.63) is 56.5 Å². The van der Waals surface area contributed by atoms with Crippen LogP contribution in [0.25, 0.3) is 0 Å². The molecule has 0 aliphatic rings. The summed E-state index contributed by atoms with van der Waals surface area (Å²) in [6, 6.07) is 10.4. The van der Waals surface area contributed by atoms with E-state index in [0.29, 0.717) is 77.4 Å². The maximum Gasteiger partial charge on any atom is 0.430 e. The number of quaternary nitrogens is 1. The molecule has 348 valence electrons. The first-order valence-electron chi connectivity index (χ1n) is 19.1. The highest BCUT2D eigenvalue weighted by Crippen LogP contribution is 2.28. The number of ether oxygens (including phenoxy) is 4. The number of nitrogens with one attached hydrogen (secondary N) is 2. The van der Waals surface area contributed by atoms with Gasteiger partial charge in [0.2, 0.25) is 0 Å². The number of carbonyl (C=O) groups excluding carboxylic acids is 4. The molecule has 0 saturated heterocycles. The summed E-state index contributed by atoms with van der Waals surface area (Å²) in [6.45, 7) is 16.7. The van der Waals surface area contributed by atoms with E-state index in [0.717, 1.165) is 45.2 Å². The van der Waals surface area contributed by atoms with Crippen molar-refractivity contribution in [2.24, 2.45) is 0 Å². The van der Waals surface area contributed by atoms with E-state index in [1.165, 1.54) is 0 Å². The molecule has 0 aliphatic heterocycles. The lowest BCUT2D eigenvalue weighted by molar-refractivity contribution is -0.644. The molecule has 20 heteroatoms. The zero-order chi connectivity index (χ0) is 47.8. The van der Waals surface area contributed by atoms with E-state index in [1.807, 2.05) is 20.8 Å². The van der Waals surface area contributed by atoms with Gasteiger partial charge in [0, 0.05) is 49.1 Å². The van der Waals surface area contributed by atoms with Crippen molar-refractivity contribution in [1.29, 1.82) is 0 Å². The summed E-state index contributed by atoms with van der Waals surface area (Å²) in [5.74, 6) is 3.50. The van der Waals surface area contributed by atoms with Crippen molar-refractivity contribution < 1.29 is 61.7 Å². The van der Waals surface area contributed by atoms with E-state index < -0.39 is 35.5 Å². The number of carbonyl (C=O) groups is 4.